The van der Waals surface area contributed by atoms with E-state index in [1.807, 2.05) is 0 Å². The Bertz CT molecular complexity index is 985. The van der Waals surface area contributed by atoms with E-state index in [0.717, 1.165) is 25.9 Å². The van der Waals surface area contributed by atoms with Crippen molar-refractivity contribution in [1.29, 1.82) is 0 Å². The molecule has 1 aromatic heterocycles. The molecule has 7 nitrogen and oxygen atoms in total. The van der Waals surface area contributed by atoms with Gasteiger partial charge in [-0.25, -0.2) is 13.1 Å². The van der Waals surface area contributed by atoms with Crippen molar-refractivity contribution in [1.82, 2.24) is 9.29 Å². The van der Waals surface area contributed by atoms with E-state index in [2.05, 4.69) is 54.6 Å². The summed E-state index contributed by atoms with van der Waals surface area (Å²) in [5, 5.41) is 11.2. The Labute approximate surface area is 199 Å². The number of hydrogen-bond donors (Lipinski definition) is 3. The van der Waals surface area contributed by atoms with Crippen molar-refractivity contribution >= 4 is 20.9 Å². The molecule has 3 unspecified atom stereocenters. The number of nitrogens with two attached hydrogens (primary N) is 1. The van der Waals surface area contributed by atoms with Gasteiger partial charge in [-0.15, -0.1) is 0 Å². The Morgan fingerprint density at radius 2 is 1.91 bits per heavy atom. The van der Waals surface area contributed by atoms with Crippen LogP contribution in [0.3, 0.4) is 0 Å². The quantitative estimate of drug-likeness (QED) is 0.360. The van der Waals surface area contributed by atoms with Gasteiger partial charge in [-0.3, -0.25) is 0 Å². The molecule has 0 saturated carbocycles. The highest BCUT2D eigenvalue weighted by atomic mass is 32.2. The fourth-order valence-electron chi connectivity index (χ4n) is 4.17. The molecule has 0 bridgehead atoms. The number of hydrogen-bond acceptors (Lipinski definition) is 5. The fraction of sp³-hybridized carbons (Fsp3) is 0.680. The Morgan fingerprint density at radius 3 is 2.52 bits per heavy atom. The van der Waals surface area contributed by atoms with E-state index in [0.29, 0.717) is 12.3 Å². The lowest BCUT2D eigenvalue weighted by molar-refractivity contribution is 0.129. The van der Waals surface area contributed by atoms with E-state index < -0.39 is 27.4 Å². The van der Waals surface area contributed by atoms with Crippen molar-refractivity contribution in [2.24, 2.45) is 24.6 Å². The Balaban J connectivity index is 2.09. The molecule has 33 heavy (non-hydrogen) atoms. The van der Waals surface area contributed by atoms with Crippen LogP contribution in [0.1, 0.15) is 51.7 Å². The lowest BCUT2D eigenvalue weighted by Crippen LogP contribution is -2.46. The number of aromatic nitrogens is 1. The maximum atomic E-state index is 12.0. The normalized spacial score (nSPS) is 15.5. The molecule has 2 rings (SSSR count). The number of ether oxygens (including phenoxy) is 1. The number of nitrogens with one attached hydrogen (secondary N) is 1. The highest BCUT2D eigenvalue weighted by Crippen LogP contribution is 2.28. The molecule has 0 spiro atoms. The Hall–Kier alpha value is -1.45. The van der Waals surface area contributed by atoms with Crippen LogP contribution in [0.25, 0.3) is 10.9 Å². The van der Waals surface area contributed by atoms with Gasteiger partial charge in [0.15, 0.2) is 0 Å². The van der Waals surface area contributed by atoms with Crippen LogP contribution >= 0.6 is 0 Å². The first-order valence-corrected chi connectivity index (χ1v) is 13.5. The second kappa shape index (κ2) is 12.3. The van der Waals surface area contributed by atoms with Crippen LogP contribution in [0.15, 0.2) is 24.4 Å². The lowest BCUT2D eigenvalue weighted by Gasteiger charge is -2.27. The second-order valence-electron chi connectivity index (χ2n) is 9.83. The molecule has 0 aliphatic carbocycles. The zero-order valence-electron chi connectivity index (χ0n) is 21.0. The monoisotopic (exact) mass is 481 g/mol. The van der Waals surface area contributed by atoms with Crippen molar-refractivity contribution in [2.75, 3.05) is 20.3 Å². The van der Waals surface area contributed by atoms with E-state index in [4.69, 9.17) is 10.5 Å². The number of rotatable bonds is 14. The average Bonchev–Trinajstić information content (AvgIpc) is 3.06. The molecule has 0 aliphatic rings. The van der Waals surface area contributed by atoms with Crippen molar-refractivity contribution in [3.05, 3.63) is 35.5 Å². The number of aliphatic hydroxyl groups excluding tert-OH is 1. The van der Waals surface area contributed by atoms with Crippen LogP contribution in [0.2, 0.25) is 0 Å². The highest BCUT2D eigenvalue weighted by Gasteiger charge is 2.25. The summed E-state index contributed by atoms with van der Waals surface area (Å²) in [4.78, 5) is 0. The van der Waals surface area contributed by atoms with Gasteiger partial charge in [-0.05, 0) is 74.6 Å². The molecule has 0 amide bonds. The molecule has 3 atom stereocenters. The Kier molecular flexibility index (Phi) is 10.4. The maximum absolute atomic E-state index is 12.0. The minimum atomic E-state index is -3.43. The lowest BCUT2D eigenvalue weighted by atomic mass is 9.83. The van der Waals surface area contributed by atoms with Crippen LogP contribution in [-0.4, -0.2) is 55.7 Å². The number of benzene rings is 1. The molecule has 8 heteroatoms. The summed E-state index contributed by atoms with van der Waals surface area (Å²) in [6, 6.07) is 6.13. The topological polar surface area (TPSA) is 107 Å². The molecule has 0 fully saturated rings. The van der Waals surface area contributed by atoms with Gasteiger partial charge in [0.2, 0.25) is 10.0 Å². The van der Waals surface area contributed by atoms with Gasteiger partial charge >= 0.3 is 0 Å². The minimum absolute atomic E-state index is 0.0622. The molecule has 0 saturated heterocycles. The Morgan fingerprint density at radius 1 is 1.21 bits per heavy atom. The molecule has 2 aromatic rings. The summed E-state index contributed by atoms with van der Waals surface area (Å²) in [6.07, 6.45) is 4.72. The summed E-state index contributed by atoms with van der Waals surface area (Å²) < 4.78 is 33.8. The van der Waals surface area contributed by atoms with E-state index in [9.17, 15) is 13.5 Å². The predicted octanol–water partition coefficient (Wildman–Crippen LogP) is 2.98. The maximum Gasteiger partial charge on any atom is 0.214 e. The van der Waals surface area contributed by atoms with Crippen molar-refractivity contribution in [3.8, 4) is 0 Å². The zero-order valence-corrected chi connectivity index (χ0v) is 21.9. The van der Waals surface area contributed by atoms with E-state index in [1.54, 1.807) is 21.0 Å². The second-order valence-corrected chi connectivity index (χ2v) is 12.2. The average molecular weight is 482 g/mol. The van der Waals surface area contributed by atoms with Crippen molar-refractivity contribution in [3.63, 3.8) is 0 Å². The molecule has 1 aromatic carbocycles. The van der Waals surface area contributed by atoms with Crippen LogP contribution in [-0.2, 0) is 34.6 Å². The predicted molar refractivity (Wildman–Crippen MR) is 136 cm³/mol. The van der Waals surface area contributed by atoms with Crippen molar-refractivity contribution in [2.45, 2.75) is 70.8 Å². The van der Waals surface area contributed by atoms with Crippen molar-refractivity contribution < 1.29 is 18.3 Å². The number of fused-ring (bicyclic) bond motifs is 1. The summed E-state index contributed by atoms with van der Waals surface area (Å²) in [5.41, 5.74) is 10.1. The van der Waals surface area contributed by atoms with Crippen LogP contribution in [0, 0.1) is 11.8 Å². The molecule has 0 aliphatic heterocycles. The molecule has 188 valence electrons. The first-order chi connectivity index (χ1) is 15.5. The first-order valence-electron chi connectivity index (χ1n) is 11.9. The first kappa shape index (κ1) is 27.8. The van der Waals surface area contributed by atoms with Crippen LogP contribution in [0.5, 0.6) is 0 Å². The van der Waals surface area contributed by atoms with E-state index in [-0.39, 0.29) is 12.5 Å². The number of methoxy groups -OCH3 is 1. The van der Waals surface area contributed by atoms with Gasteiger partial charge in [0, 0.05) is 50.5 Å². The van der Waals surface area contributed by atoms with Crippen LogP contribution in [0.4, 0.5) is 0 Å². The minimum Gasteiger partial charge on any atom is -0.390 e. The SMILES string of the molecule is COCCCc1cn(C)c2ccc(CC(CC(N)C(O)CNS(=O)(=O)C(C)C)C(C)C)cc12. The zero-order chi connectivity index (χ0) is 24.8. The number of aliphatic hydroxyl groups is 1. The summed E-state index contributed by atoms with van der Waals surface area (Å²) in [6.45, 7) is 8.24. The van der Waals surface area contributed by atoms with Gasteiger partial charge in [-0.2, -0.15) is 0 Å². The fourth-order valence-corrected chi connectivity index (χ4v) is 4.91. The third-order valence-corrected chi connectivity index (χ3v) is 8.37. The van der Waals surface area contributed by atoms with Gasteiger partial charge in [0.1, 0.15) is 0 Å². The van der Waals surface area contributed by atoms with E-state index in [1.165, 1.54) is 22.0 Å². The third kappa shape index (κ3) is 7.79. The molecule has 1 heterocycles. The number of aryl methyl sites for hydroxylation is 2. The van der Waals surface area contributed by atoms with Gasteiger partial charge in [0.25, 0.3) is 0 Å². The highest BCUT2D eigenvalue weighted by molar-refractivity contribution is 7.90. The van der Waals surface area contributed by atoms with Crippen LogP contribution < -0.4 is 10.5 Å². The number of sulfonamides is 1. The standard InChI is InChI=1S/C25H43N3O4S/c1-17(2)21(14-23(26)25(29)15-27-33(30,31)18(3)4)12-19-9-10-24-22(13-19)20(16-28(24)5)8-7-11-32-6/h9-10,13,16-18,21,23,25,27,29H,7-8,11-12,14-15,26H2,1-6H3. The molecular formula is C25H43N3O4S. The molecule has 4 N–H and O–H groups in total. The molecule has 0 radical (unpaired) electrons. The smallest absolute Gasteiger partial charge is 0.214 e. The largest absolute Gasteiger partial charge is 0.390 e. The van der Waals surface area contributed by atoms with E-state index >= 15 is 0 Å². The summed E-state index contributed by atoms with van der Waals surface area (Å²) >= 11 is 0. The summed E-state index contributed by atoms with van der Waals surface area (Å²) in [5.74, 6) is 0.651. The van der Waals surface area contributed by atoms with Gasteiger partial charge in [-0.1, -0.05) is 19.9 Å². The summed E-state index contributed by atoms with van der Waals surface area (Å²) in [7, 11) is 0.379. The van der Waals surface area contributed by atoms with Gasteiger partial charge < -0.3 is 20.1 Å². The molecular weight excluding hydrogens is 438 g/mol. The third-order valence-electron chi connectivity index (χ3n) is 6.56. The van der Waals surface area contributed by atoms with Gasteiger partial charge in [0.05, 0.1) is 11.4 Å². The number of nitrogens with zero attached hydrogens (tertiary/aromatic N) is 1.